The third-order valence-electron chi connectivity index (χ3n) is 4.99. The number of carboxylic acid groups (broad SMARTS) is 3. The number of halogens is 1. The van der Waals surface area contributed by atoms with Crippen LogP contribution in [0.2, 0.25) is 5.02 Å². The Bertz CT molecular complexity index is 829. The molecule has 0 saturated heterocycles. The second-order valence-corrected chi connectivity index (χ2v) is 8.23. The van der Waals surface area contributed by atoms with E-state index in [2.05, 4.69) is 18.7 Å². The van der Waals surface area contributed by atoms with Crippen LogP contribution >= 0.6 is 11.6 Å². The minimum absolute atomic E-state index is 0.611. The van der Waals surface area contributed by atoms with Crippen molar-refractivity contribution in [3.05, 3.63) is 23.2 Å². The summed E-state index contributed by atoms with van der Waals surface area (Å²) in [5.41, 5.74) is -2.74. The average Bonchev–Trinajstić information content (AvgIpc) is 3.05. The average molecular weight is 506 g/mol. The van der Waals surface area contributed by atoms with Gasteiger partial charge in [0.25, 0.3) is 5.79 Å². The van der Waals surface area contributed by atoms with Crippen molar-refractivity contribution in [1.29, 1.82) is 0 Å². The summed E-state index contributed by atoms with van der Waals surface area (Å²) in [6, 6.07) is 5.42. The first-order chi connectivity index (χ1) is 15.8. The predicted octanol–water partition coefficient (Wildman–Crippen LogP) is 2.33. The van der Waals surface area contributed by atoms with Crippen molar-refractivity contribution in [2.24, 2.45) is 0 Å². The number of nitrogens with zero attached hydrogens (tertiary/aromatic N) is 1. The van der Waals surface area contributed by atoms with Crippen LogP contribution in [0.15, 0.2) is 18.2 Å². The number of benzene rings is 1. The maximum absolute atomic E-state index is 10.3. The number of aliphatic hydroxyl groups is 1. The molecule has 0 spiro atoms. The van der Waals surface area contributed by atoms with Gasteiger partial charge in [0.05, 0.1) is 26.1 Å². The molecule has 1 aromatic carbocycles. The van der Waals surface area contributed by atoms with Gasteiger partial charge < -0.3 is 39.5 Å². The number of carboxylic acids is 3. The Morgan fingerprint density at radius 1 is 1.03 bits per heavy atom. The van der Waals surface area contributed by atoms with E-state index in [0.29, 0.717) is 23.8 Å². The van der Waals surface area contributed by atoms with E-state index in [-0.39, 0.29) is 0 Å². The van der Waals surface area contributed by atoms with E-state index in [0.717, 1.165) is 32.0 Å². The van der Waals surface area contributed by atoms with Gasteiger partial charge in [-0.25, -0.2) is 4.79 Å². The Labute approximate surface area is 202 Å². The topological polar surface area (TPSA) is 163 Å². The van der Waals surface area contributed by atoms with Gasteiger partial charge in [-0.05, 0) is 25.2 Å². The number of carbonyl (C=O) groups is 3. The number of ether oxygens (including phenoxy) is 3. The van der Waals surface area contributed by atoms with Gasteiger partial charge in [-0.1, -0.05) is 25.4 Å². The van der Waals surface area contributed by atoms with Crippen LogP contribution in [0.5, 0.6) is 11.5 Å². The molecule has 0 fully saturated rings. The molecular formula is C22H32ClNO10. The van der Waals surface area contributed by atoms with Crippen molar-refractivity contribution in [3.63, 3.8) is 0 Å². The molecule has 0 radical (unpaired) electrons. The molecule has 0 aliphatic carbocycles. The van der Waals surface area contributed by atoms with Crippen molar-refractivity contribution in [2.45, 2.75) is 51.4 Å². The fourth-order valence-corrected chi connectivity index (χ4v) is 3.20. The highest BCUT2D eigenvalue weighted by Gasteiger charge is 2.41. The molecule has 1 atom stereocenters. The van der Waals surface area contributed by atoms with Crippen LogP contribution in [0.1, 0.15) is 40.0 Å². The van der Waals surface area contributed by atoms with Crippen LogP contribution in [-0.2, 0) is 19.1 Å². The summed E-state index contributed by atoms with van der Waals surface area (Å²) < 4.78 is 17.4. The third-order valence-corrected chi connectivity index (χ3v) is 5.22. The van der Waals surface area contributed by atoms with Crippen molar-refractivity contribution in [3.8, 4) is 11.5 Å². The molecule has 1 unspecified atom stereocenters. The summed E-state index contributed by atoms with van der Waals surface area (Å²) in [4.78, 5) is 32.8. The van der Waals surface area contributed by atoms with Gasteiger partial charge in [0.1, 0.15) is 0 Å². The zero-order chi connectivity index (χ0) is 25.9. The molecule has 12 heteroatoms. The van der Waals surface area contributed by atoms with Crippen LogP contribution in [0.25, 0.3) is 0 Å². The molecule has 0 bridgehead atoms. The highest BCUT2D eigenvalue weighted by atomic mass is 35.5. The fraction of sp³-hybridized carbons (Fsp3) is 0.591. The molecule has 192 valence electrons. The smallest absolute Gasteiger partial charge is 0.336 e. The maximum Gasteiger partial charge on any atom is 0.336 e. The summed E-state index contributed by atoms with van der Waals surface area (Å²) in [6.07, 6.45) is -1.61. The number of rotatable bonds is 13. The van der Waals surface area contributed by atoms with E-state index in [4.69, 9.17) is 46.2 Å². The van der Waals surface area contributed by atoms with Crippen molar-refractivity contribution in [2.75, 3.05) is 32.8 Å². The van der Waals surface area contributed by atoms with E-state index in [1.54, 1.807) is 12.1 Å². The Morgan fingerprint density at radius 3 is 2.09 bits per heavy atom. The SMILES string of the molecule is CCN(CC)CCOCCC1(C)Oc2ccc(Cl)cc2O1.O=C(O)CC(O)(CC(=O)O)C(=O)O. The lowest BCUT2D eigenvalue weighted by Crippen LogP contribution is -2.42. The van der Waals surface area contributed by atoms with Crippen molar-refractivity contribution < 1.29 is 49.0 Å². The minimum atomic E-state index is -2.74. The number of hydrogen-bond acceptors (Lipinski definition) is 8. The van der Waals surface area contributed by atoms with E-state index in [9.17, 15) is 14.4 Å². The lowest BCUT2D eigenvalue weighted by atomic mass is 9.96. The van der Waals surface area contributed by atoms with E-state index >= 15 is 0 Å². The molecule has 1 heterocycles. The molecule has 4 N–H and O–H groups in total. The zero-order valence-electron chi connectivity index (χ0n) is 19.5. The number of hydrogen-bond donors (Lipinski definition) is 4. The van der Waals surface area contributed by atoms with Crippen LogP contribution in [0.4, 0.5) is 0 Å². The Kier molecular flexibility index (Phi) is 11.5. The van der Waals surface area contributed by atoms with E-state index in [1.807, 2.05) is 13.0 Å². The number of fused-ring (bicyclic) bond motifs is 1. The van der Waals surface area contributed by atoms with Gasteiger partial charge in [0.15, 0.2) is 17.1 Å². The van der Waals surface area contributed by atoms with Gasteiger partial charge in [-0.15, -0.1) is 0 Å². The molecule has 0 aromatic heterocycles. The summed E-state index contributed by atoms with van der Waals surface area (Å²) >= 11 is 5.95. The van der Waals surface area contributed by atoms with Crippen molar-refractivity contribution in [1.82, 2.24) is 4.90 Å². The maximum atomic E-state index is 10.3. The second kappa shape index (κ2) is 13.3. The molecule has 34 heavy (non-hydrogen) atoms. The lowest BCUT2D eigenvalue weighted by Gasteiger charge is -2.23. The predicted molar refractivity (Wildman–Crippen MR) is 121 cm³/mol. The molecule has 0 amide bonds. The molecule has 1 aromatic rings. The second-order valence-electron chi connectivity index (χ2n) is 7.80. The molecular weight excluding hydrogens is 474 g/mol. The van der Waals surface area contributed by atoms with Gasteiger partial charge in [-0.3, -0.25) is 9.59 Å². The summed E-state index contributed by atoms with van der Waals surface area (Å²) in [5.74, 6) is -4.24. The van der Waals surface area contributed by atoms with Gasteiger partial charge in [0.2, 0.25) is 0 Å². The standard InChI is InChI=1S/C16H24ClNO3.C6H8O7/c1-4-18(5-2)9-11-19-10-8-16(3)20-14-7-6-13(17)12-15(14)21-16;7-3(8)1-6(13,5(11)12)2-4(9)10/h6-7,12H,4-5,8-11H2,1-3H3;13H,1-2H2,(H,7,8)(H,9,10)(H,11,12). The highest BCUT2D eigenvalue weighted by molar-refractivity contribution is 6.30. The first kappa shape index (κ1) is 29.4. The largest absolute Gasteiger partial charge is 0.481 e. The zero-order valence-corrected chi connectivity index (χ0v) is 20.2. The van der Waals surface area contributed by atoms with Gasteiger partial charge in [0, 0.05) is 31.0 Å². The van der Waals surface area contributed by atoms with Gasteiger partial charge in [-0.2, -0.15) is 0 Å². The Balaban J connectivity index is 0.000000385. The number of aliphatic carboxylic acids is 3. The molecule has 1 aliphatic heterocycles. The normalized spacial score (nSPS) is 16.6. The van der Waals surface area contributed by atoms with Gasteiger partial charge >= 0.3 is 17.9 Å². The summed E-state index contributed by atoms with van der Waals surface area (Å²) in [6.45, 7) is 10.7. The van der Waals surface area contributed by atoms with Crippen LogP contribution < -0.4 is 9.47 Å². The van der Waals surface area contributed by atoms with Crippen LogP contribution in [0, 0.1) is 0 Å². The monoisotopic (exact) mass is 505 g/mol. The molecule has 1 aliphatic rings. The quantitative estimate of drug-likeness (QED) is 0.291. The third kappa shape index (κ3) is 9.72. The van der Waals surface area contributed by atoms with E-state index in [1.165, 1.54) is 0 Å². The lowest BCUT2D eigenvalue weighted by molar-refractivity contribution is -0.170. The Morgan fingerprint density at radius 2 is 1.59 bits per heavy atom. The van der Waals surface area contributed by atoms with E-state index < -0.39 is 42.1 Å². The minimum Gasteiger partial charge on any atom is -0.481 e. The Hall–Kier alpha value is -2.60. The molecule has 2 rings (SSSR count). The molecule has 0 saturated carbocycles. The van der Waals surface area contributed by atoms with Crippen LogP contribution in [0.3, 0.4) is 0 Å². The summed E-state index contributed by atoms with van der Waals surface area (Å²) in [7, 11) is 0. The summed E-state index contributed by atoms with van der Waals surface area (Å²) in [5, 5.41) is 34.5. The first-order valence-corrected chi connectivity index (χ1v) is 11.1. The first-order valence-electron chi connectivity index (χ1n) is 10.7. The van der Waals surface area contributed by atoms with Crippen LogP contribution in [-0.4, -0.2) is 87.5 Å². The highest BCUT2D eigenvalue weighted by Crippen LogP contribution is 2.41. The fourth-order valence-electron chi connectivity index (χ4n) is 3.04. The van der Waals surface area contributed by atoms with Crippen molar-refractivity contribution >= 4 is 29.5 Å². The molecule has 11 nitrogen and oxygen atoms in total. The number of likely N-dealkylation sites (N-methyl/N-ethyl adjacent to an activating group) is 1.